The van der Waals surface area contributed by atoms with Crippen molar-refractivity contribution in [2.24, 2.45) is 0 Å². The number of aryl methyl sites for hydroxylation is 1. The second-order valence-corrected chi connectivity index (χ2v) is 6.65. The van der Waals surface area contributed by atoms with Crippen molar-refractivity contribution in [3.63, 3.8) is 0 Å². The van der Waals surface area contributed by atoms with E-state index in [1.54, 1.807) is 0 Å². The van der Waals surface area contributed by atoms with E-state index < -0.39 is 0 Å². The predicted octanol–water partition coefficient (Wildman–Crippen LogP) is 4.82. The molecule has 1 aromatic heterocycles. The highest BCUT2D eigenvalue weighted by Gasteiger charge is 2.15. The van der Waals surface area contributed by atoms with Gasteiger partial charge < -0.3 is 5.32 Å². The van der Waals surface area contributed by atoms with Crippen LogP contribution in [0.1, 0.15) is 26.3 Å². The highest BCUT2D eigenvalue weighted by atomic mass is 15.1. The summed E-state index contributed by atoms with van der Waals surface area (Å²) in [5.41, 5.74) is 3.17. The molecule has 0 radical (unpaired) electrons. The number of hydrogen-bond acceptors (Lipinski definition) is 3. The number of hydrogen-bond donors (Lipinski definition) is 1. The predicted molar refractivity (Wildman–Crippen MR) is 93.1 cm³/mol. The molecule has 0 saturated carbocycles. The standard InChI is InChI=1S/C19H21N3/c1-13-9-11-14(12-10-13)17-20-16-8-6-5-7-15(16)18(21-17)22-19(2,3)4/h5-12H,1-4H3,(H,20,21,22). The Hall–Kier alpha value is -2.42. The second-order valence-electron chi connectivity index (χ2n) is 6.65. The molecule has 0 aliphatic carbocycles. The fourth-order valence-electron chi connectivity index (χ4n) is 2.36. The third-order valence-corrected chi connectivity index (χ3v) is 3.41. The Balaban J connectivity index is 2.18. The minimum atomic E-state index is -0.0539. The fourth-order valence-corrected chi connectivity index (χ4v) is 2.36. The Kier molecular flexibility index (Phi) is 3.57. The lowest BCUT2D eigenvalue weighted by molar-refractivity contribution is 0.631. The molecular formula is C19H21N3. The van der Waals surface area contributed by atoms with Gasteiger partial charge in [0.1, 0.15) is 5.82 Å². The van der Waals surface area contributed by atoms with Crippen LogP contribution in [-0.4, -0.2) is 15.5 Å². The smallest absolute Gasteiger partial charge is 0.162 e. The summed E-state index contributed by atoms with van der Waals surface area (Å²) >= 11 is 0. The molecule has 0 amide bonds. The summed E-state index contributed by atoms with van der Waals surface area (Å²) in [5, 5.41) is 4.54. The lowest BCUT2D eigenvalue weighted by atomic mass is 10.1. The molecule has 0 aliphatic heterocycles. The highest BCUT2D eigenvalue weighted by Crippen LogP contribution is 2.26. The van der Waals surface area contributed by atoms with Gasteiger partial charge in [0.2, 0.25) is 0 Å². The van der Waals surface area contributed by atoms with E-state index >= 15 is 0 Å². The number of rotatable bonds is 2. The van der Waals surface area contributed by atoms with E-state index in [4.69, 9.17) is 9.97 Å². The van der Waals surface area contributed by atoms with Crippen molar-refractivity contribution >= 4 is 16.7 Å². The van der Waals surface area contributed by atoms with Gasteiger partial charge in [-0.1, -0.05) is 42.0 Å². The Morgan fingerprint density at radius 3 is 2.23 bits per heavy atom. The Morgan fingerprint density at radius 2 is 1.55 bits per heavy atom. The summed E-state index contributed by atoms with van der Waals surface area (Å²) in [6.45, 7) is 8.48. The first-order valence-corrected chi connectivity index (χ1v) is 7.54. The molecule has 1 N–H and O–H groups in total. The second kappa shape index (κ2) is 5.41. The van der Waals surface area contributed by atoms with Gasteiger partial charge in [-0.15, -0.1) is 0 Å². The minimum absolute atomic E-state index is 0.0539. The molecule has 0 bridgehead atoms. The van der Waals surface area contributed by atoms with Gasteiger partial charge in [-0.05, 0) is 39.8 Å². The minimum Gasteiger partial charge on any atom is -0.365 e. The molecule has 0 unspecified atom stereocenters. The molecule has 0 aliphatic rings. The SMILES string of the molecule is Cc1ccc(-c2nc(NC(C)(C)C)c3ccccc3n2)cc1. The summed E-state index contributed by atoms with van der Waals surface area (Å²) < 4.78 is 0. The number of para-hydroxylation sites is 1. The van der Waals surface area contributed by atoms with Crippen molar-refractivity contribution in [2.45, 2.75) is 33.2 Å². The van der Waals surface area contributed by atoms with Crippen LogP contribution in [0.4, 0.5) is 5.82 Å². The molecule has 2 aromatic carbocycles. The van der Waals surface area contributed by atoms with Crippen LogP contribution >= 0.6 is 0 Å². The third-order valence-electron chi connectivity index (χ3n) is 3.41. The van der Waals surface area contributed by atoms with Crippen LogP contribution in [0.25, 0.3) is 22.3 Å². The first-order valence-electron chi connectivity index (χ1n) is 7.54. The molecule has 22 heavy (non-hydrogen) atoms. The maximum absolute atomic E-state index is 4.76. The van der Waals surface area contributed by atoms with Crippen LogP contribution in [0.15, 0.2) is 48.5 Å². The molecular weight excluding hydrogens is 270 g/mol. The van der Waals surface area contributed by atoms with Crippen molar-refractivity contribution < 1.29 is 0 Å². The van der Waals surface area contributed by atoms with Crippen molar-refractivity contribution in [1.29, 1.82) is 0 Å². The number of nitrogens with zero attached hydrogens (tertiary/aromatic N) is 2. The van der Waals surface area contributed by atoms with E-state index in [1.807, 2.05) is 18.2 Å². The summed E-state index contributed by atoms with van der Waals surface area (Å²) in [4.78, 5) is 9.48. The van der Waals surface area contributed by atoms with E-state index in [1.165, 1.54) is 5.56 Å². The normalized spacial score (nSPS) is 11.6. The molecule has 112 valence electrons. The van der Waals surface area contributed by atoms with Gasteiger partial charge in [-0.25, -0.2) is 9.97 Å². The van der Waals surface area contributed by atoms with Crippen LogP contribution in [-0.2, 0) is 0 Å². The average molecular weight is 291 g/mol. The first-order chi connectivity index (χ1) is 10.4. The summed E-state index contributed by atoms with van der Waals surface area (Å²) in [6.07, 6.45) is 0. The topological polar surface area (TPSA) is 37.8 Å². The van der Waals surface area contributed by atoms with E-state index in [-0.39, 0.29) is 5.54 Å². The van der Waals surface area contributed by atoms with Gasteiger partial charge in [0, 0.05) is 16.5 Å². The first kappa shape index (κ1) is 14.5. The van der Waals surface area contributed by atoms with E-state index in [0.717, 1.165) is 28.1 Å². The largest absolute Gasteiger partial charge is 0.365 e. The fraction of sp³-hybridized carbons (Fsp3) is 0.263. The van der Waals surface area contributed by atoms with E-state index in [2.05, 4.69) is 63.3 Å². The summed E-state index contributed by atoms with van der Waals surface area (Å²) in [7, 11) is 0. The van der Waals surface area contributed by atoms with Gasteiger partial charge >= 0.3 is 0 Å². The lowest BCUT2D eigenvalue weighted by Gasteiger charge is -2.22. The van der Waals surface area contributed by atoms with E-state index in [9.17, 15) is 0 Å². The molecule has 3 rings (SSSR count). The zero-order valence-electron chi connectivity index (χ0n) is 13.5. The van der Waals surface area contributed by atoms with Crippen LogP contribution in [0.3, 0.4) is 0 Å². The van der Waals surface area contributed by atoms with Crippen LogP contribution in [0.5, 0.6) is 0 Å². The zero-order valence-corrected chi connectivity index (χ0v) is 13.5. The lowest BCUT2D eigenvalue weighted by Crippen LogP contribution is -2.27. The van der Waals surface area contributed by atoms with Crippen LogP contribution in [0, 0.1) is 6.92 Å². The Morgan fingerprint density at radius 1 is 0.864 bits per heavy atom. The maximum atomic E-state index is 4.76. The molecule has 3 aromatic rings. The molecule has 0 spiro atoms. The van der Waals surface area contributed by atoms with Crippen LogP contribution < -0.4 is 5.32 Å². The Bertz CT molecular complexity index is 799. The zero-order chi connectivity index (χ0) is 15.7. The quantitative estimate of drug-likeness (QED) is 0.736. The number of fused-ring (bicyclic) bond motifs is 1. The number of aromatic nitrogens is 2. The van der Waals surface area contributed by atoms with Crippen molar-refractivity contribution in [2.75, 3.05) is 5.32 Å². The number of anilines is 1. The molecule has 0 atom stereocenters. The van der Waals surface area contributed by atoms with Crippen molar-refractivity contribution in [3.8, 4) is 11.4 Å². The molecule has 0 fully saturated rings. The monoisotopic (exact) mass is 291 g/mol. The third kappa shape index (κ3) is 3.08. The Labute approximate surface area is 131 Å². The highest BCUT2D eigenvalue weighted by molar-refractivity contribution is 5.90. The average Bonchev–Trinajstić information content (AvgIpc) is 2.46. The van der Waals surface area contributed by atoms with Gasteiger partial charge in [-0.2, -0.15) is 0 Å². The van der Waals surface area contributed by atoms with Gasteiger partial charge in [-0.3, -0.25) is 0 Å². The maximum Gasteiger partial charge on any atom is 0.162 e. The molecule has 1 heterocycles. The summed E-state index contributed by atoms with van der Waals surface area (Å²) in [6, 6.07) is 16.4. The number of benzene rings is 2. The number of nitrogens with one attached hydrogen (secondary N) is 1. The molecule has 3 heteroatoms. The van der Waals surface area contributed by atoms with Crippen LogP contribution in [0.2, 0.25) is 0 Å². The van der Waals surface area contributed by atoms with Crippen molar-refractivity contribution in [3.05, 3.63) is 54.1 Å². The van der Waals surface area contributed by atoms with Gasteiger partial charge in [0.15, 0.2) is 5.82 Å². The van der Waals surface area contributed by atoms with E-state index in [0.29, 0.717) is 0 Å². The molecule has 3 nitrogen and oxygen atoms in total. The summed E-state index contributed by atoms with van der Waals surface area (Å²) in [5.74, 6) is 1.64. The van der Waals surface area contributed by atoms with Crippen molar-refractivity contribution in [1.82, 2.24) is 9.97 Å². The molecule has 0 saturated heterocycles. The van der Waals surface area contributed by atoms with Gasteiger partial charge in [0.25, 0.3) is 0 Å². The van der Waals surface area contributed by atoms with Gasteiger partial charge in [0.05, 0.1) is 5.52 Å².